The van der Waals surface area contributed by atoms with Crippen molar-refractivity contribution >= 4 is 17.8 Å². The standard InChI is InChI=1S/C23H34N4O3/c1-26(2)21(29)23(12-5-6-13-23)17-25-22(30)24-14-7-10-20(28)27-15-11-18-8-3-4-9-19(18)16-27/h3-4,8-9H,5-7,10-17H2,1-2H3,(H2,24,25,30). The smallest absolute Gasteiger partial charge is 0.314 e. The maximum atomic E-state index is 12.6. The summed E-state index contributed by atoms with van der Waals surface area (Å²) in [6.07, 6.45) is 5.60. The number of urea groups is 1. The van der Waals surface area contributed by atoms with Crippen LogP contribution in [0.2, 0.25) is 0 Å². The summed E-state index contributed by atoms with van der Waals surface area (Å²) >= 11 is 0. The van der Waals surface area contributed by atoms with Gasteiger partial charge in [0, 0.05) is 46.7 Å². The predicted molar refractivity (Wildman–Crippen MR) is 116 cm³/mol. The van der Waals surface area contributed by atoms with E-state index >= 15 is 0 Å². The molecule has 164 valence electrons. The van der Waals surface area contributed by atoms with Crippen molar-refractivity contribution in [2.45, 2.75) is 51.5 Å². The molecule has 0 aromatic heterocycles. The number of amides is 4. The summed E-state index contributed by atoms with van der Waals surface area (Å²) in [4.78, 5) is 40.7. The van der Waals surface area contributed by atoms with E-state index in [0.717, 1.165) is 38.6 Å². The molecule has 2 aliphatic rings. The second-order valence-electron chi connectivity index (χ2n) is 8.73. The van der Waals surface area contributed by atoms with E-state index in [1.165, 1.54) is 11.1 Å². The average molecular weight is 415 g/mol. The van der Waals surface area contributed by atoms with Crippen LogP contribution in [-0.2, 0) is 22.6 Å². The molecule has 30 heavy (non-hydrogen) atoms. The molecule has 1 aliphatic carbocycles. The Morgan fingerprint density at radius 2 is 1.77 bits per heavy atom. The van der Waals surface area contributed by atoms with Crippen LogP contribution in [0.5, 0.6) is 0 Å². The van der Waals surface area contributed by atoms with E-state index in [1.54, 1.807) is 19.0 Å². The largest absolute Gasteiger partial charge is 0.348 e. The number of carbonyl (C=O) groups is 3. The van der Waals surface area contributed by atoms with Gasteiger partial charge in [-0.2, -0.15) is 0 Å². The first-order chi connectivity index (χ1) is 14.4. The van der Waals surface area contributed by atoms with Crippen LogP contribution in [0, 0.1) is 5.41 Å². The van der Waals surface area contributed by atoms with Crippen molar-refractivity contribution in [3.8, 4) is 0 Å². The van der Waals surface area contributed by atoms with Crippen LogP contribution in [0.1, 0.15) is 49.7 Å². The molecule has 1 saturated carbocycles. The summed E-state index contributed by atoms with van der Waals surface area (Å²) in [5, 5.41) is 5.69. The molecule has 1 aromatic carbocycles. The molecule has 0 atom stereocenters. The number of hydrogen-bond donors (Lipinski definition) is 2. The molecule has 7 nitrogen and oxygen atoms in total. The third-order valence-electron chi connectivity index (χ3n) is 6.34. The number of nitrogens with zero attached hydrogens (tertiary/aromatic N) is 2. The van der Waals surface area contributed by atoms with Gasteiger partial charge >= 0.3 is 6.03 Å². The lowest BCUT2D eigenvalue weighted by atomic mass is 9.84. The molecule has 1 heterocycles. The second-order valence-corrected chi connectivity index (χ2v) is 8.73. The van der Waals surface area contributed by atoms with E-state index in [-0.39, 0.29) is 17.8 Å². The Morgan fingerprint density at radius 3 is 2.47 bits per heavy atom. The first-order valence-electron chi connectivity index (χ1n) is 11.0. The number of fused-ring (bicyclic) bond motifs is 1. The molecular weight excluding hydrogens is 380 g/mol. The second kappa shape index (κ2) is 9.96. The quantitative estimate of drug-likeness (QED) is 0.672. The topological polar surface area (TPSA) is 81.8 Å². The molecule has 7 heteroatoms. The monoisotopic (exact) mass is 414 g/mol. The van der Waals surface area contributed by atoms with Crippen molar-refractivity contribution in [2.75, 3.05) is 33.7 Å². The van der Waals surface area contributed by atoms with Crippen molar-refractivity contribution < 1.29 is 14.4 Å². The zero-order chi connectivity index (χ0) is 21.6. The van der Waals surface area contributed by atoms with Crippen molar-refractivity contribution in [2.24, 2.45) is 5.41 Å². The third-order valence-corrected chi connectivity index (χ3v) is 6.34. The molecule has 0 bridgehead atoms. The van der Waals surface area contributed by atoms with Gasteiger partial charge in [-0.3, -0.25) is 9.59 Å². The molecule has 0 spiro atoms. The summed E-state index contributed by atoms with van der Waals surface area (Å²) in [5.74, 6) is 0.224. The normalized spacial score (nSPS) is 17.2. The van der Waals surface area contributed by atoms with E-state index in [1.807, 2.05) is 17.0 Å². The van der Waals surface area contributed by atoms with Gasteiger partial charge in [-0.1, -0.05) is 37.1 Å². The molecule has 0 unspecified atom stereocenters. The summed E-state index contributed by atoms with van der Waals surface area (Å²) in [6.45, 7) is 2.23. The fraction of sp³-hybridized carbons (Fsp3) is 0.609. The Bertz CT molecular complexity index is 771. The molecule has 1 aliphatic heterocycles. The van der Waals surface area contributed by atoms with Gasteiger partial charge in [0.1, 0.15) is 0 Å². The van der Waals surface area contributed by atoms with Crippen molar-refractivity contribution in [1.82, 2.24) is 20.4 Å². The number of nitrogens with one attached hydrogen (secondary N) is 2. The molecule has 1 fully saturated rings. The number of benzene rings is 1. The Morgan fingerprint density at radius 1 is 1.07 bits per heavy atom. The van der Waals surface area contributed by atoms with Crippen molar-refractivity contribution in [1.29, 1.82) is 0 Å². The third kappa shape index (κ3) is 5.32. The minimum Gasteiger partial charge on any atom is -0.348 e. The summed E-state index contributed by atoms with van der Waals surface area (Å²) in [7, 11) is 3.53. The average Bonchev–Trinajstić information content (AvgIpc) is 3.24. The highest BCUT2D eigenvalue weighted by Crippen LogP contribution is 2.38. The van der Waals surface area contributed by atoms with Gasteiger partial charge in [-0.05, 0) is 36.8 Å². The molecule has 3 rings (SSSR count). The SMILES string of the molecule is CN(C)C(=O)C1(CNC(=O)NCCCC(=O)N2CCc3ccccc3C2)CCCC1. The van der Waals surface area contributed by atoms with Crippen LogP contribution in [0.4, 0.5) is 4.79 Å². The highest BCUT2D eigenvalue weighted by molar-refractivity contribution is 5.84. The van der Waals surface area contributed by atoms with E-state index in [4.69, 9.17) is 0 Å². The number of carbonyl (C=O) groups excluding carboxylic acids is 3. The molecular formula is C23H34N4O3. The maximum Gasteiger partial charge on any atom is 0.314 e. The Kier molecular flexibility index (Phi) is 7.34. The maximum absolute atomic E-state index is 12.6. The van der Waals surface area contributed by atoms with E-state index in [2.05, 4.69) is 22.8 Å². The fourth-order valence-corrected chi connectivity index (χ4v) is 4.61. The van der Waals surface area contributed by atoms with Gasteiger partial charge < -0.3 is 20.4 Å². The van der Waals surface area contributed by atoms with Gasteiger partial charge in [0.25, 0.3) is 0 Å². The Balaban J connectivity index is 1.36. The lowest BCUT2D eigenvalue weighted by Gasteiger charge is -2.30. The van der Waals surface area contributed by atoms with Gasteiger partial charge in [-0.15, -0.1) is 0 Å². The summed E-state index contributed by atoms with van der Waals surface area (Å²) in [5.41, 5.74) is 2.08. The van der Waals surface area contributed by atoms with Crippen LogP contribution in [0.25, 0.3) is 0 Å². The number of rotatable bonds is 7. The number of hydrogen-bond acceptors (Lipinski definition) is 3. The molecule has 1 aromatic rings. The van der Waals surface area contributed by atoms with Gasteiger partial charge in [0.05, 0.1) is 5.41 Å². The van der Waals surface area contributed by atoms with Crippen LogP contribution in [-0.4, -0.2) is 61.4 Å². The first kappa shape index (κ1) is 22.1. The Hall–Kier alpha value is -2.57. The fourth-order valence-electron chi connectivity index (χ4n) is 4.61. The lowest BCUT2D eigenvalue weighted by Crippen LogP contribution is -2.48. The van der Waals surface area contributed by atoms with Crippen LogP contribution in [0.3, 0.4) is 0 Å². The van der Waals surface area contributed by atoms with Gasteiger partial charge in [-0.25, -0.2) is 4.79 Å². The molecule has 0 saturated heterocycles. The zero-order valence-electron chi connectivity index (χ0n) is 18.2. The highest BCUT2D eigenvalue weighted by Gasteiger charge is 2.42. The predicted octanol–water partition coefficient (Wildman–Crippen LogP) is 2.30. The van der Waals surface area contributed by atoms with E-state index in [9.17, 15) is 14.4 Å². The Labute approximate surface area is 179 Å². The van der Waals surface area contributed by atoms with Gasteiger partial charge in [0.2, 0.25) is 11.8 Å². The summed E-state index contributed by atoms with van der Waals surface area (Å²) in [6, 6.07) is 7.99. The van der Waals surface area contributed by atoms with E-state index < -0.39 is 5.41 Å². The van der Waals surface area contributed by atoms with Gasteiger partial charge in [0.15, 0.2) is 0 Å². The summed E-state index contributed by atoms with van der Waals surface area (Å²) < 4.78 is 0. The van der Waals surface area contributed by atoms with Crippen LogP contribution >= 0.6 is 0 Å². The molecule has 4 amide bonds. The van der Waals surface area contributed by atoms with Crippen molar-refractivity contribution in [3.63, 3.8) is 0 Å². The zero-order valence-corrected chi connectivity index (χ0v) is 18.2. The first-order valence-corrected chi connectivity index (χ1v) is 11.0. The highest BCUT2D eigenvalue weighted by atomic mass is 16.2. The van der Waals surface area contributed by atoms with E-state index in [0.29, 0.717) is 32.5 Å². The van der Waals surface area contributed by atoms with Crippen LogP contribution < -0.4 is 10.6 Å². The molecule has 0 radical (unpaired) electrons. The van der Waals surface area contributed by atoms with Crippen molar-refractivity contribution in [3.05, 3.63) is 35.4 Å². The molecule has 2 N–H and O–H groups in total. The van der Waals surface area contributed by atoms with Crippen LogP contribution in [0.15, 0.2) is 24.3 Å². The minimum atomic E-state index is -0.471. The lowest BCUT2D eigenvalue weighted by molar-refractivity contribution is -0.139. The minimum absolute atomic E-state index is 0.0917.